The van der Waals surface area contributed by atoms with E-state index in [4.69, 9.17) is 4.74 Å². The number of hydrazine groups is 1. The highest BCUT2D eigenvalue weighted by molar-refractivity contribution is 5.91. The van der Waals surface area contributed by atoms with Gasteiger partial charge in [0.25, 0.3) is 5.91 Å². The second-order valence-corrected chi connectivity index (χ2v) is 9.30. The highest BCUT2D eigenvalue weighted by Crippen LogP contribution is 2.31. The van der Waals surface area contributed by atoms with Gasteiger partial charge in [0.1, 0.15) is 17.7 Å². The van der Waals surface area contributed by atoms with Gasteiger partial charge in [-0.3, -0.25) is 19.9 Å². The van der Waals surface area contributed by atoms with Crippen LogP contribution in [0.25, 0.3) is 0 Å². The number of para-hydroxylation sites is 1. The standard InChI is InChI=1S/C26H31N7O3/c1-15-9-7-10-20(18(15)4)32-24-19(13-27-32)25(35)30-26(29-24)33-22(12-17(3)31-33)28-23(34)14-36-21-11-6-5-8-16(21)2/h5-12,19,24,26-27,29H,13-14H2,1-4H3,(H,28,34)(H,30,35). The Bertz CT molecular complexity index is 1300. The Hall–Kier alpha value is -3.89. The lowest BCUT2D eigenvalue weighted by Crippen LogP contribution is -2.62. The zero-order valence-corrected chi connectivity index (χ0v) is 20.8. The second kappa shape index (κ2) is 9.63. The molecule has 2 fully saturated rings. The van der Waals surface area contributed by atoms with Crippen molar-refractivity contribution in [2.24, 2.45) is 5.92 Å². The summed E-state index contributed by atoms with van der Waals surface area (Å²) in [6, 6.07) is 15.4. The van der Waals surface area contributed by atoms with E-state index in [0.717, 1.165) is 16.8 Å². The van der Waals surface area contributed by atoms with Crippen LogP contribution in [-0.4, -0.2) is 40.9 Å². The molecule has 0 spiro atoms. The highest BCUT2D eigenvalue weighted by atomic mass is 16.5. The summed E-state index contributed by atoms with van der Waals surface area (Å²) in [6.07, 6.45) is -0.936. The molecule has 3 aromatic rings. The van der Waals surface area contributed by atoms with Gasteiger partial charge in [-0.15, -0.1) is 0 Å². The summed E-state index contributed by atoms with van der Waals surface area (Å²) in [4.78, 5) is 25.7. The molecule has 2 aliphatic heterocycles. The number of benzene rings is 2. The third-order valence-corrected chi connectivity index (χ3v) is 6.74. The first kappa shape index (κ1) is 23.8. The third-order valence-electron chi connectivity index (χ3n) is 6.74. The predicted octanol–water partition coefficient (Wildman–Crippen LogP) is 2.28. The number of nitrogens with one attached hydrogen (secondary N) is 4. The van der Waals surface area contributed by atoms with E-state index >= 15 is 0 Å². The monoisotopic (exact) mass is 489 g/mol. The Morgan fingerprint density at radius 3 is 2.69 bits per heavy atom. The van der Waals surface area contributed by atoms with Crippen LogP contribution in [0.1, 0.15) is 28.7 Å². The van der Waals surface area contributed by atoms with Crippen molar-refractivity contribution in [2.75, 3.05) is 23.5 Å². The highest BCUT2D eigenvalue weighted by Gasteiger charge is 2.45. The molecule has 2 amide bonds. The fraction of sp³-hybridized carbons (Fsp3) is 0.346. The zero-order chi connectivity index (χ0) is 25.4. The molecule has 3 heterocycles. The topological polar surface area (TPSA) is 113 Å². The van der Waals surface area contributed by atoms with Crippen molar-refractivity contribution in [3.63, 3.8) is 0 Å². The Labute approximate surface area is 210 Å². The number of carbonyl (C=O) groups is 2. The normalized spacial score (nSPS) is 21.2. The Morgan fingerprint density at radius 1 is 1.11 bits per heavy atom. The largest absolute Gasteiger partial charge is 0.483 e. The van der Waals surface area contributed by atoms with Gasteiger partial charge in [0.15, 0.2) is 12.9 Å². The molecule has 3 unspecified atom stereocenters. The van der Waals surface area contributed by atoms with Gasteiger partial charge in [-0.25, -0.2) is 10.1 Å². The summed E-state index contributed by atoms with van der Waals surface area (Å²) in [7, 11) is 0. The molecule has 5 rings (SSSR count). The first-order valence-corrected chi connectivity index (χ1v) is 12.0. The number of aromatic nitrogens is 2. The van der Waals surface area contributed by atoms with Crippen LogP contribution in [0.15, 0.2) is 48.5 Å². The molecule has 3 atom stereocenters. The van der Waals surface area contributed by atoms with Crippen molar-refractivity contribution in [2.45, 2.75) is 40.2 Å². The molecule has 2 aromatic carbocycles. The number of ether oxygens (including phenoxy) is 1. The van der Waals surface area contributed by atoms with E-state index in [2.05, 4.69) is 46.4 Å². The van der Waals surface area contributed by atoms with Gasteiger partial charge in [0, 0.05) is 12.6 Å². The predicted molar refractivity (Wildman–Crippen MR) is 136 cm³/mol. The van der Waals surface area contributed by atoms with Crippen LogP contribution >= 0.6 is 0 Å². The van der Waals surface area contributed by atoms with Crippen molar-refractivity contribution in [1.29, 1.82) is 0 Å². The van der Waals surface area contributed by atoms with Gasteiger partial charge in [-0.1, -0.05) is 30.3 Å². The summed E-state index contributed by atoms with van der Waals surface area (Å²) in [5.41, 5.74) is 8.36. The maximum absolute atomic E-state index is 13.1. The number of fused-ring (bicyclic) bond motifs is 1. The SMILES string of the molecule is Cc1cc(NC(=O)COc2ccccc2C)n(C2NC(=O)C3CNN(c4cccc(C)c4C)C3N2)n1. The summed E-state index contributed by atoms with van der Waals surface area (Å²) >= 11 is 0. The second-order valence-electron chi connectivity index (χ2n) is 9.30. The molecular weight excluding hydrogens is 458 g/mol. The summed E-state index contributed by atoms with van der Waals surface area (Å²) in [5, 5.41) is 15.9. The van der Waals surface area contributed by atoms with E-state index in [1.807, 2.05) is 55.3 Å². The summed E-state index contributed by atoms with van der Waals surface area (Å²) in [6.45, 7) is 8.28. The van der Waals surface area contributed by atoms with Crippen molar-refractivity contribution in [3.8, 4) is 5.75 Å². The molecule has 0 aliphatic carbocycles. The number of nitrogens with zero attached hydrogens (tertiary/aromatic N) is 3. The molecule has 10 heteroatoms. The van der Waals surface area contributed by atoms with Crippen LogP contribution in [0.4, 0.5) is 11.5 Å². The quantitative estimate of drug-likeness (QED) is 0.420. The van der Waals surface area contributed by atoms with Crippen LogP contribution in [0.3, 0.4) is 0 Å². The average molecular weight is 490 g/mol. The zero-order valence-electron chi connectivity index (χ0n) is 20.8. The lowest BCUT2D eigenvalue weighted by atomic mass is 10.0. The Balaban J connectivity index is 1.33. The third kappa shape index (κ3) is 4.52. The minimum absolute atomic E-state index is 0.0858. The van der Waals surface area contributed by atoms with Crippen LogP contribution in [-0.2, 0) is 9.59 Å². The maximum atomic E-state index is 13.1. The Kier molecular flexibility index (Phi) is 6.38. The number of hydrogen-bond acceptors (Lipinski definition) is 7. The van der Waals surface area contributed by atoms with E-state index in [9.17, 15) is 9.59 Å². The van der Waals surface area contributed by atoms with Crippen molar-refractivity contribution < 1.29 is 14.3 Å². The minimum Gasteiger partial charge on any atom is -0.483 e. The molecule has 4 N–H and O–H groups in total. The van der Waals surface area contributed by atoms with E-state index in [1.54, 1.807) is 10.7 Å². The molecule has 0 radical (unpaired) electrons. The molecule has 0 saturated carbocycles. The van der Waals surface area contributed by atoms with Gasteiger partial charge < -0.3 is 15.4 Å². The summed E-state index contributed by atoms with van der Waals surface area (Å²) < 4.78 is 7.27. The van der Waals surface area contributed by atoms with E-state index in [1.165, 1.54) is 5.56 Å². The van der Waals surface area contributed by atoms with Crippen molar-refractivity contribution >= 4 is 23.3 Å². The number of aryl methyl sites for hydroxylation is 3. The van der Waals surface area contributed by atoms with E-state index < -0.39 is 6.29 Å². The van der Waals surface area contributed by atoms with Crippen LogP contribution < -0.4 is 31.1 Å². The van der Waals surface area contributed by atoms with Gasteiger partial charge in [-0.2, -0.15) is 5.10 Å². The lowest BCUT2D eigenvalue weighted by Gasteiger charge is -2.38. The Morgan fingerprint density at radius 2 is 1.89 bits per heavy atom. The molecule has 2 aliphatic rings. The van der Waals surface area contributed by atoms with Gasteiger partial charge >= 0.3 is 0 Å². The van der Waals surface area contributed by atoms with Crippen LogP contribution in [0.5, 0.6) is 5.75 Å². The van der Waals surface area contributed by atoms with Gasteiger partial charge in [0.2, 0.25) is 5.91 Å². The number of rotatable bonds is 6. The van der Waals surface area contributed by atoms with Crippen LogP contribution in [0, 0.1) is 33.6 Å². The molecule has 10 nitrogen and oxygen atoms in total. The van der Waals surface area contributed by atoms with Crippen LogP contribution in [0.2, 0.25) is 0 Å². The van der Waals surface area contributed by atoms with Crippen molar-refractivity contribution in [3.05, 3.63) is 70.9 Å². The number of amides is 2. The van der Waals surface area contributed by atoms with Gasteiger partial charge in [-0.05, 0) is 56.5 Å². The first-order chi connectivity index (χ1) is 17.3. The van der Waals surface area contributed by atoms with E-state index in [0.29, 0.717) is 23.8 Å². The fourth-order valence-corrected chi connectivity index (χ4v) is 4.67. The molecule has 0 bridgehead atoms. The van der Waals surface area contributed by atoms with E-state index in [-0.39, 0.29) is 30.5 Å². The average Bonchev–Trinajstić information content (AvgIpc) is 3.44. The number of hydrogen-bond donors (Lipinski definition) is 4. The first-order valence-electron chi connectivity index (χ1n) is 12.0. The maximum Gasteiger partial charge on any atom is 0.263 e. The van der Waals surface area contributed by atoms with Gasteiger partial charge in [0.05, 0.1) is 17.3 Å². The summed E-state index contributed by atoms with van der Waals surface area (Å²) in [5.74, 6) is 0.436. The molecule has 36 heavy (non-hydrogen) atoms. The smallest absolute Gasteiger partial charge is 0.263 e. The lowest BCUT2D eigenvalue weighted by molar-refractivity contribution is -0.129. The molecule has 1 aromatic heterocycles. The molecule has 188 valence electrons. The number of carbonyl (C=O) groups excluding carboxylic acids is 2. The molecule has 2 saturated heterocycles. The molecular formula is C26H31N7O3. The number of anilines is 2. The fourth-order valence-electron chi connectivity index (χ4n) is 4.67. The minimum atomic E-state index is -0.646. The van der Waals surface area contributed by atoms with Crippen molar-refractivity contribution in [1.82, 2.24) is 25.8 Å².